The highest BCUT2D eigenvalue weighted by Crippen LogP contribution is 2.18. The fourth-order valence-corrected chi connectivity index (χ4v) is 4.44. The fourth-order valence-electron chi connectivity index (χ4n) is 4.44. The van der Waals surface area contributed by atoms with Gasteiger partial charge in [-0.2, -0.15) is 0 Å². The lowest BCUT2D eigenvalue weighted by Gasteiger charge is -2.06. The molecule has 0 amide bonds. The molecular weight excluding hydrogens is 390 g/mol. The van der Waals surface area contributed by atoms with Crippen molar-refractivity contribution in [2.45, 2.75) is 147 Å². The molecule has 1 aliphatic rings. The minimum absolute atomic E-state index is 0. The molecule has 1 unspecified atom stereocenters. The normalized spacial score (nSPS) is 15.5. The molecule has 1 saturated heterocycles. The Morgan fingerprint density at radius 3 is 1.03 bits per heavy atom. The van der Waals surface area contributed by atoms with Crippen LogP contribution in [0.4, 0.5) is 0 Å². The molecule has 3 heteroatoms. The van der Waals surface area contributed by atoms with Crippen LogP contribution in [0.2, 0.25) is 0 Å². The molecule has 0 bridgehead atoms. The van der Waals surface area contributed by atoms with Crippen molar-refractivity contribution in [1.82, 2.24) is 0 Å². The summed E-state index contributed by atoms with van der Waals surface area (Å²) in [6, 6.07) is 0. The molecule has 30 heavy (non-hydrogen) atoms. The second-order valence-corrected chi connectivity index (χ2v) is 10.1. The molecule has 182 valence electrons. The maximum atomic E-state index is 5.26. The number of unbranched alkanes of at least 4 members (excludes halogenated alkanes) is 20. The van der Waals surface area contributed by atoms with Crippen LogP contribution in [0.3, 0.4) is 0 Å². The topological polar surface area (TPSA) is 17.0 Å². The van der Waals surface area contributed by atoms with E-state index >= 15 is 0 Å². The van der Waals surface area contributed by atoms with E-state index in [4.69, 9.17) is 4.74 Å². The smallest absolute Gasteiger partial charge is 0.0810 e. The lowest BCUT2D eigenvalue weighted by molar-refractivity contribution is -0.858. The second-order valence-electron chi connectivity index (χ2n) is 10.1. The van der Waals surface area contributed by atoms with Crippen LogP contribution < -0.4 is 17.3 Å². The first-order chi connectivity index (χ1) is 14.3. The van der Waals surface area contributed by atoms with E-state index in [1.54, 1.807) is 4.90 Å². The molecular formula is C27H56ClNO. The first kappa shape index (κ1) is 30.2. The van der Waals surface area contributed by atoms with E-state index in [1.165, 1.54) is 148 Å². The Kier molecular flexibility index (Phi) is 24.0. The van der Waals surface area contributed by atoms with Crippen LogP contribution in [0.15, 0.2) is 0 Å². The number of halogens is 1. The number of ether oxygens (including phenoxy) is 1. The monoisotopic (exact) mass is 445 g/mol. The summed E-state index contributed by atoms with van der Waals surface area (Å²) in [6.45, 7) is 2.38. The molecule has 0 aromatic heterocycles. The first-order valence-corrected chi connectivity index (χ1v) is 13.7. The zero-order valence-corrected chi connectivity index (χ0v) is 21.6. The molecule has 1 heterocycles. The minimum atomic E-state index is 0. The third-order valence-corrected chi connectivity index (χ3v) is 6.61. The van der Waals surface area contributed by atoms with Gasteiger partial charge in [-0.15, -0.1) is 0 Å². The van der Waals surface area contributed by atoms with E-state index in [9.17, 15) is 0 Å². The van der Waals surface area contributed by atoms with E-state index < -0.39 is 0 Å². The molecule has 0 radical (unpaired) electrons. The van der Waals surface area contributed by atoms with Crippen molar-refractivity contribution in [3.05, 3.63) is 0 Å². The highest BCUT2D eigenvalue weighted by Gasteiger charge is 2.20. The zero-order chi connectivity index (χ0) is 20.8. The number of rotatable bonds is 24. The summed E-state index contributed by atoms with van der Waals surface area (Å²) in [7, 11) is 4.52. The number of nitrogens with one attached hydrogen (secondary N) is 1. The van der Waals surface area contributed by atoms with Crippen LogP contribution in [0.5, 0.6) is 0 Å². The predicted octanol–water partition coefficient (Wildman–Crippen LogP) is 4.12. The van der Waals surface area contributed by atoms with E-state index in [2.05, 4.69) is 14.1 Å². The number of hydrogen-bond donors (Lipinski definition) is 1. The van der Waals surface area contributed by atoms with Crippen LogP contribution in [-0.4, -0.2) is 33.4 Å². The molecule has 1 aliphatic heterocycles. The van der Waals surface area contributed by atoms with Crippen molar-refractivity contribution in [3.8, 4) is 0 Å². The van der Waals surface area contributed by atoms with Gasteiger partial charge >= 0.3 is 0 Å². The van der Waals surface area contributed by atoms with Gasteiger partial charge in [0.15, 0.2) is 0 Å². The maximum absolute atomic E-state index is 5.26. The average Bonchev–Trinajstić information content (AvgIpc) is 3.52. The summed E-state index contributed by atoms with van der Waals surface area (Å²) in [5, 5.41) is 0. The standard InChI is InChI=1S/C27H55NO.ClH/c1-28(2)25-23-21-19-17-15-13-11-9-7-5-3-4-6-8-10-12-14-16-18-20-22-24-27-26-29-27;/h27H,3-26H2,1-2H3;1H. The number of epoxide rings is 1. The van der Waals surface area contributed by atoms with Crippen LogP contribution in [0, 0.1) is 0 Å². The van der Waals surface area contributed by atoms with E-state index in [0.29, 0.717) is 6.10 Å². The maximum Gasteiger partial charge on any atom is 0.0810 e. The van der Waals surface area contributed by atoms with Gasteiger partial charge < -0.3 is 22.0 Å². The lowest BCUT2D eigenvalue weighted by Crippen LogP contribution is -3.05. The Morgan fingerprint density at radius 2 is 0.767 bits per heavy atom. The van der Waals surface area contributed by atoms with E-state index in [0.717, 1.165) is 6.61 Å². The van der Waals surface area contributed by atoms with Crippen LogP contribution in [-0.2, 0) is 4.74 Å². The van der Waals surface area contributed by atoms with Crippen LogP contribution in [0.1, 0.15) is 141 Å². The molecule has 0 spiro atoms. The van der Waals surface area contributed by atoms with Crippen LogP contribution in [0.25, 0.3) is 0 Å². The molecule has 1 atom stereocenters. The Morgan fingerprint density at radius 1 is 0.500 bits per heavy atom. The number of hydrogen-bond acceptors (Lipinski definition) is 1. The second kappa shape index (κ2) is 23.9. The molecule has 0 aromatic carbocycles. The van der Waals surface area contributed by atoms with Gasteiger partial charge in [0.2, 0.25) is 0 Å². The first-order valence-electron chi connectivity index (χ1n) is 13.7. The van der Waals surface area contributed by atoms with Crippen molar-refractivity contribution in [3.63, 3.8) is 0 Å². The summed E-state index contributed by atoms with van der Waals surface area (Å²) in [4.78, 5) is 1.60. The molecule has 0 aromatic rings. The van der Waals surface area contributed by atoms with Crippen molar-refractivity contribution in [2.75, 3.05) is 27.2 Å². The quantitative estimate of drug-likeness (QED) is 0.175. The SMILES string of the molecule is C[NH+](C)CCCCCCCCCCCCCCCCCCCCCCCC1CO1.[Cl-]. The van der Waals surface area contributed by atoms with Gasteiger partial charge in [-0.25, -0.2) is 0 Å². The van der Waals surface area contributed by atoms with E-state index in [1.807, 2.05) is 0 Å². The largest absolute Gasteiger partial charge is 1.00 e. The van der Waals surface area contributed by atoms with Gasteiger partial charge in [0.25, 0.3) is 0 Å². The summed E-state index contributed by atoms with van der Waals surface area (Å²) < 4.78 is 5.26. The molecule has 2 nitrogen and oxygen atoms in total. The molecule has 1 rings (SSSR count). The minimum Gasteiger partial charge on any atom is -1.00 e. The zero-order valence-electron chi connectivity index (χ0n) is 20.8. The summed E-state index contributed by atoms with van der Waals surface area (Å²) in [6.07, 6.45) is 32.7. The molecule has 0 aliphatic carbocycles. The Balaban J connectivity index is 0.00000841. The van der Waals surface area contributed by atoms with Crippen LogP contribution >= 0.6 is 0 Å². The van der Waals surface area contributed by atoms with Gasteiger partial charge in [0.05, 0.1) is 33.4 Å². The third-order valence-electron chi connectivity index (χ3n) is 6.61. The average molecular weight is 446 g/mol. The Bertz CT molecular complexity index is 298. The van der Waals surface area contributed by atoms with Gasteiger partial charge in [0.1, 0.15) is 0 Å². The predicted molar refractivity (Wildman–Crippen MR) is 129 cm³/mol. The fraction of sp³-hybridized carbons (Fsp3) is 1.00. The lowest BCUT2D eigenvalue weighted by atomic mass is 10.0. The summed E-state index contributed by atoms with van der Waals surface area (Å²) >= 11 is 0. The van der Waals surface area contributed by atoms with Crippen molar-refractivity contribution in [2.24, 2.45) is 0 Å². The van der Waals surface area contributed by atoms with Gasteiger partial charge in [-0.1, -0.05) is 122 Å². The summed E-state index contributed by atoms with van der Waals surface area (Å²) in [5.74, 6) is 0. The summed E-state index contributed by atoms with van der Waals surface area (Å²) in [5.41, 5.74) is 0. The Hall–Kier alpha value is 0.210. The highest BCUT2D eigenvalue weighted by molar-refractivity contribution is 4.68. The highest BCUT2D eigenvalue weighted by atomic mass is 35.5. The molecule has 1 fully saturated rings. The van der Waals surface area contributed by atoms with Gasteiger partial charge in [0, 0.05) is 0 Å². The molecule has 1 N–H and O–H groups in total. The molecule has 0 saturated carbocycles. The van der Waals surface area contributed by atoms with Crippen molar-refractivity contribution >= 4 is 0 Å². The van der Waals surface area contributed by atoms with Gasteiger partial charge in [-0.3, -0.25) is 0 Å². The Labute approximate surface area is 196 Å². The number of quaternary nitrogens is 1. The third kappa shape index (κ3) is 24.5. The van der Waals surface area contributed by atoms with Crippen molar-refractivity contribution < 1.29 is 22.0 Å². The van der Waals surface area contributed by atoms with E-state index in [-0.39, 0.29) is 12.4 Å². The van der Waals surface area contributed by atoms with Crippen molar-refractivity contribution in [1.29, 1.82) is 0 Å². The van der Waals surface area contributed by atoms with Gasteiger partial charge in [-0.05, 0) is 19.3 Å².